The molecule has 0 aliphatic heterocycles. The zero-order valence-electron chi connectivity index (χ0n) is 17.7. The lowest BCUT2D eigenvalue weighted by Gasteiger charge is -2.07. The Morgan fingerprint density at radius 2 is 0.941 bits per heavy atom. The van der Waals surface area contributed by atoms with Gasteiger partial charge in [-0.15, -0.1) is 0 Å². The van der Waals surface area contributed by atoms with Gasteiger partial charge in [-0.05, 0) is 96.1 Å². The Morgan fingerprint density at radius 1 is 0.529 bits per heavy atom. The largest absolute Gasteiger partial charge is 0.457 e. The van der Waals surface area contributed by atoms with E-state index in [1.165, 1.54) is 0 Å². The highest BCUT2D eigenvalue weighted by molar-refractivity contribution is 9.08. The highest BCUT2D eigenvalue weighted by atomic mass is 79.9. The lowest BCUT2D eigenvalue weighted by atomic mass is 10.2. The molecule has 0 aliphatic carbocycles. The van der Waals surface area contributed by atoms with Crippen molar-refractivity contribution in [1.29, 1.82) is 0 Å². The van der Waals surface area contributed by atoms with E-state index in [1.54, 1.807) is 60.7 Å². The first-order valence-electron chi connectivity index (χ1n) is 9.97. The molecule has 0 heterocycles. The summed E-state index contributed by atoms with van der Waals surface area (Å²) in [7, 11) is 0. The monoisotopic (exact) mass is 598 g/mol. The van der Waals surface area contributed by atoms with Crippen LogP contribution in [0.3, 0.4) is 0 Å². The first-order valence-corrected chi connectivity index (χ1v) is 12.6. The molecule has 34 heavy (non-hydrogen) atoms. The van der Waals surface area contributed by atoms with Crippen molar-refractivity contribution in [1.82, 2.24) is 0 Å². The maximum Gasteiger partial charge on any atom is 0.129 e. The number of hydrogen-bond donors (Lipinski definition) is 1. The zero-order chi connectivity index (χ0) is 24.5. The van der Waals surface area contributed by atoms with Gasteiger partial charge in [-0.25, -0.2) is 0 Å². The van der Waals surface area contributed by atoms with Crippen LogP contribution in [0, 0.1) is 0 Å². The molecule has 0 saturated heterocycles. The second-order valence-electron chi connectivity index (χ2n) is 6.99. The molecule has 4 aromatic rings. The van der Waals surface area contributed by atoms with Gasteiger partial charge in [-0.3, -0.25) is 0 Å². The second kappa shape index (κ2) is 13.2. The van der Waals surface area contributed by atoms with E-state index < -0.39 is 0 Å². The highest BCUT2D eigenvalue weighted by Crippen LogP contribution is 2.28. The van der Waals surface area contributed by atoms with Crippen molar-refractivity contribution in [2.24, 2.45) is 0 Å². The van der Waals surface area contributed by atoms with Gasteiger partial charge >= 0.3 is 0 Å². The minimum atomic E-state index is -0.0719. The van der Waals surface area contributed by atoms with E-state index in [2.05, 4.69) is 15.9 Å². The maximum absolute atomic E-state index is 9.06. The molecule has 0 bridgehead atoms. The van der Waals surface area contributed by atoms with Gasteiger partial charge in [0.1, 0.15) is 23.0 Å². The van der Waals surface area contributed by atoms with Crippen LogP contribution in [0.4, 0.5) is 0 Å². The van der Waals surface area contributed by atoms with Gasteiger partial charge in [0.05, 0.1) is 6.61 Å². The third-order valence-electron chi connectivity index (χ3n) is 4.30. The van der Waals surface area contributed by atoms with E-state index >= 15 is 0 Å². The van der Waals surface area contributed by atoms with Crippen molar-refractivity contribution in [3.63, 3.8) is 0 Å². The van der Waals surface area contributed by atoms with E-state index in [0.29, 0.717) is 42.9 Å². The van der Waals surface area contributed by atoms with Crippen molar-refractivity contribution >= 4 is 62.3 Å². The number of halogens is 5. The van der Waals surface area contributed by atoms with E-state index in [-0.39, 0.29) is 6.61 Å². The quantitative estimate of drug-likeness (QED) is 0.224. The van der Waals surface area contributed by atoms with E-state index in [4.69, 9.17) is 61.0 Å². The Kier molecular flexibility index (Phi) is 10.4. The van der Waals surface area contributed by atoms with Crippen LogP contribution in [0.1, 0.15) is 11.1 Å². The van der Waals surface area contributed by atoms with Crippen LogP contribution in [-0.2, 0) is 11.9 Å². The topological polar surface area (TPSA) is 38.7 Å². The summed E-state index contributed by atoms with van der Waals surface area (Å²) in [6, 6.07) is 25.0. The molecule has 0 aliphatic rings. The Morgan fingerprint density at radius 3 is 1.35 bits per heavy atom. The molecule has 0 saturated carbocycles. The van der Waals surface area contributed by atoms with Crippen molar-refractivity contribution < 1.29 is 14.6 Å². The molecule has 3 nitrogen and oxygen atoms in total. The normalized spacial score (nSPS) is 10.3. The molecule has 1 N–H and O–H groups in total. The van der Waals surface area contributed by atoms with Crippen LogP contribution in [0.15, 0.2) is 84.9 Å². The van der Waals surface area contributed by atoms with Gasteiger partial charge < -0.3 is 14.6 Å². The number of aliphatic hydroxyl groups is 1. The summed E-state index contributed by atoms with van der Waals surface area (Å²) in [5, 5.41) is 12.3. The summed E-state index contributed by atoms with van der Waals surface area (Å²) < 4.78 is 11.3. The number of rotatable bonds is 6. The van der Waals surface area contributed by atoms with Gasteiger partial charge in [0.25, 0.3) is 0 Å². The Labute approximate surface area is 226 Å². The van der Waals surface area contributed by atoms with Gasteiger partial charge in [-0.2, -0.15) is 0 Å². The van der Waals surface area contributed by atoms with Crippen LogP contribution in [0.5, 0.6) is 23.0 Å². The molecule has 176 valence electrons. The zero-order valence-corrected chi connectivity index (χ0v) is 22.3. The van der Waals surface area contributed by atoms with E-state index in [9.17, 15) is 0 Å². The SMILES string of the molecule is Clc1ccc(Oc2cc(Cl)cc(CBr)c2)cc1.OCc1cc(Cl)cc(Oc2ccc(Cl)cc2)c1. The molecule has 0 radical (unpaired) electrons. The van der Waals surface area contributed by atoms with Crippen molar-refractivity contribution in [2.75, 3.05) is 0 Å². The molecule has 4 aromatic carbocycles. The van der Waals surface area contributed by atoms with Gasteiger partial charge in [0.2, 0.25) is 0 Å². The summed E-state index contributed by atoms with van der Waals surface area (Å²) in [4.78, 5) is 0. The summed E-state index contributed by atoms with van der Waals surface area (Å²) in [5.41, 5.74) is 1.78. The van der Waals surface area contributed by atoms with Crippen LogP contribution in [0.2, 0.25) is 20.1 Å². The van der Waals surface area contributed by atoms with Crippen molar-refractivity contribution in [3.8, 4) is 23.0 Å². The number of alkyl halides is 1. The minimum absolute atomic E-state index is 0.0719. The predicted molar refractivity (Wildman–Crippen MR) is 145 cm³/mol. The number of benzene rings is 4. The van der Waals surface area contributed by atoms with Gasteiger partial charge in [0.15, 0.2) is 0 Å². The molecule has 0 atom stereocenters. The van der Waals surface area contributed by atoms with Gasteiger partial charge in [0, 0.05) is 25.4 Å². The summed E-state index contributed by atoms with van der Waals surface area (Å²) in [5.74, 6) is 2.70. The van der Waals surface area contributed by atoms with Crippen molar-refractivity contribution in [3.05, 3.63) is 116 Å². The average molecular weight is 601 g/mol. The average Bonchev–Trinajstić information content (AvgIpc) is 2.82. The van der Waals surface area contributed by atoms with Crippen LogP contribution in [-0.4, -0.2) is 5.11 Å². The Hall–Kier alpha value is -1.92. The maximum atomic E-state index is 9.06. The number of hydrogen-bond acceptors (Lipinski definition) is 3. The van der Waals surface area contributed by atoms with Crippen LogP contribution < -0.4 is 9.47 Å². The summed E-state index contributed by atoms with van der Waals surface area (Å²) in [6.45, 7) is -0.0719. The van der Waals surface area contributed by atoms with E-state index in [0.717, 1.165) is 16.6 Å². The third kappa shape index (κ3) is 8.70. The first kappa shape index (κ1) is 26.7. The summed E-state index contributed by atoms with van der Waals surface area (Å²) >= 11 is 26.9. The number of ether oxygens (including phenoxy) is 2. The van der Waals surface area contributed by atoms with E-state index in [1.807, 2.05) is 24.3 Å². The molecule has 0 aromatic heterocycles. The fourth-order valence-corrected chi connectivity index (χ4v) is 3.88. The standard InChI is InChI=1S/C13H9BrCl2O.C13H10Cl2O2/c14-8-9-5-11(16)7-13(6-9)17-12-3-1-10(15)2-4-12;14-10-1-3-12(4-2-10)17-13-6-9(8-16)5-11(15)7-13/h1-7H,8H2;1-7,16H,8H2. The molecule has 8 heteroatoms. The smallest absolute Gasteiger partial charge is 0.129 e. The molecule has 0 spiro atoms. The molecule has 0 unspecified atom stereocenters. The fraction of sp³-hybridized carbons (Fsp3) is 0.0769. The van der Waals surface area contributed by atoms with Crippen LogP contribution in [0.25, 0.3) is 0 Å². The number of aliphatic hydroxyl groups excluding tert-OH is 1. The molecule has 4 rings (SSSR count). The van der Waals surface area contributed by atoms with Crippen LogP contribution >= 0.6 is 62.3 Å². The van der Waals surface area contributed by atoms with Gasteiger partial charge in [-0.1, -0.05) is 62.3 Å². The summed E-state index contributed by atoms with van der Waals surface area (Å²) in [6.07, 6.45) is 0. The molecular formula is C26H19BrCl4O3. The highest BCUT2D eigenvalue weighted by Gasteiger charge is 2.03. The third-order valence-corrected chi connectivity index (χ3v) is 5.89. The first-order chi connectivity index (χ1) is 16.3. The molecular weight excluding hydrogens is 582 g/mol. The van der Waals surface area contributed by atoms with Crippen molar-refractivity contribution in [2.45, 2.75) is 11.9 Å². The molecule has 0 fully saturated rings. The second-order valence-corrected chi connectivity index (χ2v) is 9.30. The molecule has 0 amide bonds. The Bertz CT molecular complexity index is 1120. The lowest BCUT2D eigenvalue weighted by Crippen LogP contribution is -1.88. The lowest BCUT2D eigenvalue weighted by molar-refractivity contribution is 0.281. The fourth-order valence-electron chi connectivity index (χ4n) is 2.81. The minimum Gasteiger partial charge on any atom is -0.457 e. The Balaban J connectivity index is 0.000000191. The predicted octanol–water partition coefficient (Wildman–Crippen LogP) is 9.96.